The monoisotopic (exact) mass is 492 g/mol. The van der Waals surface area contributed by atoms with Gasteiger partial charge < -0.3 is 10.1 Å². The fourth-order valence-electron chi connectivity index (χ4n) is 2.98. The van der Waals surface area contributed by atoms with Gasteiger partial charge in [0.15, 0.2) is 17.8 Å². The summed E-state index contributed by atoms with van der Waals surface area (Å²) in [6, 6.07) is 6.04. The van der Waals surface area contributed by atoms with Crippen molar-refractivity contribution in [2.45, 2.75) is 6.18 Å². The Kier molecular flexibility index (Phi) is 6.16. The summed E-state index contributed by atoms with van der Waals surface area (Å²) in [4.78, 5) is 23.9. The Morgan fingerprint density at radius 2 is 1.94 bits per heavy atom. The fourth-order valence-corrected chi connectivity index (χ4v) is 3.16. The van der Waals surface area contributed by atoms with Crippen LogP contribution in [0.25, 0.3) is 16.9 Å². The predicted octanol–water partition coefficient (Wildman–Crippen LogP) is 5.10. The lowest BCUT2D eigenvalue weighted by Gasteiger charge is -2.13. The smallest absolute Gasteiger partial charge is 0.435 e. The fraction of sp³-hybridized carbons (Fsp3) is 0.0952. The van der Waals surface area contributed by atoms with Crippen LogP contribution < -0.4 is 10.1 Å². The standard InChI is InChI=1S/C21H13ClF4N6O2/c1-34-19-12(10-33)6-11(8-27-19)14-9-28-20(29-13-2-3-16(23)15(22)7-13)30-18(14)32-5-4-17(31-32)21(24,25)26/h2-10H,1H3,(H,28,29,30). The van der Waals surface area contributed by atoms with Crippen LogP contribution in [-0.2, 0) is 6.18 Å². The number of hydrogen-bond acceptors (Lipinski definition) is 7. The minimum absolute atomic E-state index is 0.0254. The molecule has 0 aliphatic rings. The Morgan fingerprint density at radius 3 is 2.59 bits per heavy atom. The van der Waals surface area contributed by atoms with E-state index in [4.69, 9.17) is 16.3 Å². The van der Waals surface area contributed by atoms with Gasteiger partial charge in [-0.3, -0.25) is 4.79 Å². The number of carbonyl (C=O) groups is 1. The molecule has 34 heavy (non-hydrogen) atoms. The highest BCUT2D eigenvalue weighted by Gasteiger charge is 2.34. The Labute approximate surface area is 194 Å². The Bertz CT molecular complexity index is 1380. The van der Waals surface area contributed by atoms with Gasteiger partial charge in [-0.2, -0.15) is 23.3 Å². The molecule has 13 heteroatoms. The van der Waals surface area contributed by atoms with Gasteiger partial charge >= 0.3 is 6.18 Å². The molecule has 1 N–H and O–H groups in total. The van der Waals surface area contributed by atoms with Crippen LogP contribution in [0.15, 0.2) is 48.9 Å². The minimum atomic E-state index is -4.67. The van der Waals surface area contributed by atoms with E-state index < -0.39 is 17.7 Å². The van der Waals surface area contributed by atoms with Gasteiger partial charge in [-0.1, -0.05) is 11.6 Å². The van der Waals surface area contributed by atoms with Crippen molar-refractivity contribution in [3.63, 3.8) is 0 Å². The lowest BCUT2D eigenvalue weighted by atomic mass is 10.1. The zero-order valence-corrected chi connectivity index (χ0v) is 17.9. The zero-order chi connectivity index (χ0) is 24.5. The van der Waals surface area contributed by atoms with E-state index in [9.17, 15) is 22.4 Å². The quantitative estimate of drug-likeness (QED) is 0.295. The number of hydrogen-bond donors (Lipinski definition) is 1. The third kappa shape index (κ3) is 4.66. The van der Waals surface area contributed by atoms with Crippen molar-refractivity contribution < 1.29 is 27.1 Å². The van der Waals surface area contributed by atoms with Crippen molar-refractivity contribution in [3.8, 4) is 22.8 Å². The summed E-state index contributed by atoms with van der Waals surface area (Å²) < 4.78 is 58.8. The Hall–Kier alpha value is -4.06. The summed E-state index contributed by atoms with van der Waals surface area (Å²) in [5, 5.41) is 6.24. The Balaban J connectivity index is 1.83. The number of ether oxygens (including phenoxy) is 1. The van der Waals surface area contributed by atoms with Gasteiger partial charge in [-0.15, -0.1) is 0 Å². The molecule has 0 bridgehead atoms. The molecule has 0 saturated heterocycles. The number of alkyl halides is 3. The average Bonchev–Trinajstić information content (AvgIpc) is 3.32. The lowest BCUT2D eigenvalue weighted by molar-refractivity contribution is -0.141. The van der Waals surface area contributed by atoms with E-state index in [-0.39, 0.29) is 33.8 Å². The van der Waals surface area contributed by atoms with Crippen molar-refractivity contribution in [3.05, 3.63) is 71.0 Å². The molecule has 174 valence electrons. The maximum Gasteiger partial charge on any atom is 0.435 e. The van der Waals surface area contributed by atoms with Crippen LogP contribution in [0.2, 0.25) is 5.02 Å². The number of nitrogens with one attached hydrogen (secondary N) is 1. The average molecular weight is 493 g/mol. The molecule has 8 nitrogen and oxygen atoms in total. The van der Waals surface area contributed by atoms with Crippen LogP contribution in [0.4, 0.5) is 29.2 Å². The van der Waals surface area contributed by atoms with Gasteiger partial charge in [-0.25, -0.2) is 19.0 Å². The molecule has 0 fully saturated rings. The number of pyridine rings is 1. The molecule has 0 radical (unpaired) electrons. The number of nitrogens with zero attached hydrogens (tertiary/aromatic N) is 5. The first-order valence-corrected chi connectivity index (χ1v) is 9.79. The van der Waals surface area contributed by atoms with Crippen LogP contribution in [0.5, 0.6) is 5.88 Å². The molecule has 0 aliphatic heterocycles. The predicted molar refractivity (Wildman–Crippen MR) is 114 cm³/mol. The van der Waals surface area contributed by atoms with Gasteiger partial charge in [0, 0.05) is 35.4 Å². The zero-order valence-electron chi connectivity index (χ0n) is 17.1. The number of anilines is 2. The molecule has 1 aromatic carbocycles. The molecule has 0 saturated carbocycles. The van der Waals surface area contributed by atoms with Crippen LogP contribution in [0.1, 0.15) is 16.1 Å². The number of methoxy groups -OCH3 is 1. The van der Waals surface area contributed by atoms with E-state index >= 15 is 0 Å². The lowest BCUT2D eigenvalue weighted by Crippen LogP contribution is -2.10. The first-order chi connectivity index (χ1) is 16.2. The molecule has 0 atom stereocenters. The number of halogens is 5. The summed E-state index contributed by atoms with van der Waals surface area (Å²) in [6.07, 6.45) is -0.376. The van der Waals surface area contributed by atoms with Crippen LogP contribution in [-0.4, -0.2) is 38.1 Å². The molecule has 3 aromatic heterocycles. The van der Waals surface area contributed by atoms with Crippen LogP contribution >= 0.6 is 11.6 Å². The molecule has 0 unspecified atom stereocenters. The summed E-state index contributed by atoms with van der Waals surface area (Å²) in [6.45, 7) is 0. The normalized spacial score (nSPS) is 11.4. The van der Waals surface area contributed by atoms with E-state index in [1.165, 1.54) is 37.7 Å². The van der Waals surface area contributed by atoms with Gasteiger partial charge in [0.2, 0.25) is 11.8 Å². The van der Waals surface area contributed by atoms with Gasteiger partial charge in [-0.05, 0) is 30.3 Å². The topological polar surface area (TPSA) is 94.8 Å². The number of carbonyl (C=O) groups excluding carboxylic acids is 1. The highest BCUT2D eigenvalue weighted by atomic mass is 35.5. The molecule has 4 rings (SSSR count). The number of aldehydes is 1. The summed E-state index contributed by atoms with van der Waals surface area (Å²) in [5.74, 6) is -0.614. The highest BCUT2D eigenvalue weighted by Crippen LogP contribution is 2.31. The molecule has 0 spiro atoms. The number of rotatable bonds is 6. The van der Waals surface area contributed by atoms with Crippen LogP contribution in [0, 0.1) is 5.82 Å². The number of benzene rings is 1. The third-order valence-corrected chi connectivity index (χ3v) is 4.84. The van der Waals surface area contributed by atoms with Crippen molar-refractivity contribution in [1.82, 2.24) is 24.7 Å². The second kappa shape index (κ2) is 9.06. The second-order valence-corrected chi connectivity index (χ2v) is 7.18. The maximum atomic E-state index is 13.4. The van der Waals surface area contributed by atoms with Gasteiger partial charge in [0.25, 0.3) is 0 Å². The van der Waals surface area contributed by atoms with Crippen molar-refractivity contribution in [2.24, 2.45) is 0 Å². The Morgan fingerprint density at radius 1 is 1.15 bits per heavy atom. The van der Waals surface area contributed by atoms with Gasteiger partial charge in [0.05, 0.1) is 17.7 Å². The highest BCUT2D eigenvalue weighted by molar-refractivity contribution is 6.31. The first-order valence-electron chi connectivity index (χ1n) is 9.41. The molecule has 0 aliphatic carbocycles. The van der Waals surface area contributed by atoms with Gasteiger partial charge in [0.1, 0.15) is 5.82 Å². The first kappa shape index (κ1) is 23.1. The van der Waals surface area contributed by atoms with E-state index in [0.29, 0.717) is 17.5 Å². The molecule has 0 amide bonds. The number of aromatic nitrogens is 5. The van der Waals surface area contributed by atoms with Crippen molar-refractivity contribution in [1.29, 1.82) is 0 Å². The van der Waals surface area contributed by atoms with E-state index in [0.717, 1.165) is 23.0 Å². The maximum absolute atomic E-state index is 13.4. The molecule has 4 aromatic rings. The van der Waals surface area contributed by atoms with E-state index in [1.807, 2.05) is 0 Å². The third-order valence-electron chi connectivity index (χ3n) is 4.55. The summed E-state index contributed by atoms with van der Waals surface area (Å²) >= 11 is 5.79. The SMILES string of the molecule is COc1ncc(-c2cnc(Nc3ccc(F)c(Cl)c3)nc2-n2ccc(C(F)(F)F)n2)cc1C=O. The second-order valence-electron chi connectivity index (χ2n) is 6.77. The van der Waals surface area contributed by atoms with E-state index in [2.05, 4.69) is 25.4 Å². The summed E-state index contributed by atoms with van der Waals surface area (Å²) in [5.41, 5.74) is -0.101. The molecular formula is C21H13ClF4N6O2. The molecule has 3 heterocycles. The van der Waals surface area contributed by atoms with Crippen molar-refractivity contribution in [2.75, 3.05) is 12.4 Å². The largest absolute Gasteiger partial charge is 0.480 e. The van der Waals surface area contributed by atoms with Crippen LogP contribution in [0.3, 0.4) is 0 Å². The van der Waals surface area contributed by atoms with Crippen molar-refractivity contribution >= 4 is 29.5 Å². The molecular weight excluding hydrogens is 480 g/mol. The summed E-state index contributed by atoms with van der Waals surface area (Å²) in [7, 11) is 1.34. The minimum Gasteiger partial charge on any atom is -0.480 e. The van der Waals surface area contributed by atoms with E-state index in [1.54, 1.807) is 0 Å².